The summed E-state index contributed by atoms with van der Waals surface area (Å²) < 4.78 is 12.0. The van der Waals surface area contributed by atoms with E-state index in [1.54, 1.807) is 19.2 Å². The van der Waals surface area contributed by atoms with Crippen LogP contribution in [0.4, 0.5) is 5.69 Å². The third-order valence-electron chi connectivity index (χ3n) is 3.16. The number of hydrogen-bond acceptors (Lipinski definition) is 4. The Labute approximate surface area is 159 Å². The molecular weight excluding hydrogens is 417 g/mol. The average molecular weight is 435 g/mol. The highest BCUT2D eigenvalue weighted by Crippen LogP contribution is 2.38. The van der Waals surface area contributed by atoms with Crippen LogP contribution in [0.25, 0.3) is 0 Å². The van der Waals surface area contributed by atoms with E-state index in [0.717, 1.165) is 10.0 Å². The zero-order chi connectivity index (χ0) is 17.9. The van der Waals surface area contributed by atoms with Gasteiger partial charge in [-0.1, -0.05) is 23.2 Å². The van der Waals surface area contributed by atoms with E-state index in [2.05, 4.69) is 21.2 Å². The molecule has 0 aromatic heterocycles. The van der Waals surface area contributed by atoms with E-state index in [4.69, 9.17) is 32.7 Å². The number of benzene rings is 2. The highest BCUT2D eigenvalue weighted by molar-refractivity contribution is 9.10. The van der Waals surface area contributed by atoms with Crippen molar-refractivity contribution in [1.82, 2.24) is 0 Å². The van der Waals surface area contributed by atoms with E-state index < -0.39 is 0 Å². The largest absolute Gasteiger partial charge is 0.505 e. The minimum Gasteiger partial charge on any atom is -0.505 e. The predicted octanol–water partition coefficient (Wildman–Crippen LogP) is 5.87. The molecule has 2 aromatic rings. The summed E-state index contributed by atoms with van der Waals surface area (Å²) in [5, 5.41) is 13.2. The Bertz CT molecular complexity index is 715. The predicted molar refractivity (Wildman–Crippen MR) is 102 cm³/mol. The van der Waals surface area contributed by atoms with Crippen LogP contribution in [0.3, 0.4) is 0 Å². The number of ether oxygens (including phenoxy) is 2. The summed E-state index contributed by atoms with van der Waals surface area (Å²) in [5.41, 5.74) is 1.69. The number of hydrogen-bond donors (Lipinski definition) is 2. The van der Waals surface area contributed by atoms with Gasteiger partial charge in [0, 0.05) is 12.2 Å². The van der Waals surface area contributed by atoms with Gasteiger partial charge in [-0.05, 0) is 59.6 Å². The first-order valence-corrected chi connectivity index (χ1v) is 8.81. The molecule has 2 rings (SSSR count). The fraction of sp³-hybridized carbons (Fsp3) is 0.294. The number of phenolic OH excluding ortho intramolecular Hbond substituents is 1. The van der Waals surface area contributed by atoms with E-state index in [9.17, 15) is 5.11 Å². The zero-order valence-electron chi connectivity index (χ0n) is 13.5. The van der Waals surface area contributed by atoms with Gasteiger partial charge in [-0.25, -0.2) is 0 Å². The minimum atomic E-state index is -0.122. The number of methoxy groups -OCH3 is 1. The smallest absolute Gasteiger partial charge is 0.175 e. The highest BCUT2D eigenvalue weighted by atomic mass is 79.9. The van der Waals surface area contributed by atoms with Crippen molar-refractivity contribution in [1.29, 1.82) is 0 Å². The number of rotatable bonds is 6. The van der Waals surface area contributed by atoms with Crippen LogP contribution in [0.15, 0.2) is 28.7 Å². The normalized spacial score (nSPS) is 10.8. The Kier molecular flexibility index (Phi) is 6.49. The Morgan fingerprint density at radius 3 is 2.33 bits per heavy atom. The minimum absolute atomic E-state index is 0.0421. The van der Waals surface area contributed by atoms with Gasteiger partial charge in [0.15, 0.2) is 17.2 Å². The maximum absolute atomic E-state index is 9.59. The van der Waals surface area contributed by atoms with Crippen molar-refractivity contribution in [2.24, 2.45) is 0 Å². The van der Waals surface area contributed by atoms with Crippen molar-refractivity contribution < 1.29 is 14.6 Å². The number of phenols is 1. The van der Waals surface area contributed by atoms with Crippen molar-refractivity contribution in [3.05, 3.63) is 44.3 Å². The molecular formula is C17H18BrCl2NO3. The van der Waals surface area contributed by atoms with Crippen molar-refractivity contribution in [2.45, 2.75) is 26.5 Å². The molecule has 4 nitrogen and oxygen atoms in total. The van der Waals surface area contributed by atoms with Crippen LogP contribution in [0.2, 0.25) is 10.0 Å². The van der Waals surface area contributed by atoms with Crippen LogP contribution in [0.5, 0.6) is 17.2 Å². The Morgan fingerprint density at radius 1 is 1.17 bits per heavy atom. The fourth-order valence-electron chi connectivity index (χ4n) is 2.10. The highest BCUT2D eigenvalue weighted by Gasteiger charge is 2.13. The lowest BCUT2D eigenvalue weighted by molar-refractivity contribution is 0.228. The van der Waals surface area contributed by atoms with Crippen molar-refractivity contribution in [3.63, 3.8) is 0 Å². The molecule has 0 spiro atoms. The van der Waals surface area contributed by atoms with E-state index >= 15 is 0 Å². The van der Waals surface area contributed by atoms with Gasteiger partial charge in [0.1, 0.15) is 0 Å². The SMILES string of the molecule is COc1cc(CNc2cc(Cl)c(O)c(Cl)c2)cc(Br)c1OC(C)C. The molecule has 0 unspecified atom stereocenters. The molecule has 0 saturated carbocycles. The monoisotopic (exact) mass is 433 g/mol. The molecule has 0 aliphatic rings. The molecule has 0 aliphatic carbocycles. The first-order chi connectivity index (χ1) is 11.3. The quantitative estimate of drug-likeness (QED) is 0.558. The molecule has 0 aliphatic heterocycles. The van der Waals surface area contributed by atoms with Gasteiger partial charge in [0.2, 0.25) is 0 Å². The van der Waals surface area contributed by atoms with Crippen LogP contribution < -0.4 is 14.8 Å². The summed E-state index contributed by atoms with van der Waals surface area (Å²) in [6, 6.07) is 7.09. The summed E-state index contributed by atoms with van der Waals surface area (Å²) in [5.74, 6) is 1.20. The van der Waals surface area contributed by atoms with Crippen LogP contribution in [0, 0.1) is 0 Å². The number of anilines is 1. The van der Waals surface area contributed by atoms with Gasteiger partial charge < -0.3 is 19.9 Å². The lowest BCUT2D eigenvalue weighted by atomic mass is 10.2. The number of aromatic hydroxyl groups is 1. The van der Waals surface area contributed by atoms with Gasteiger partial charge in [-0.2, -0.15) is 0 Å². The topological polar surface area (TPSA) is 50.7 Å². The lowest BCUT2D eigenvalue weighted by Gasteiger charge is -2.17. The summed E-state index contributed by atoms with van der Waals surface area (Å²) in [6.45, 7) is 4.44. The second-order valence-electron chi connectivity index (χ2n) is 5.42. The molecule has 0 bridgehead atoms. The maximum Gasteiger partial charge on any atom is 0.175 e. The van der Waals surface area contributed by atoms with Crippen molar-refractivity contribution in [2.75, 3.05) is 12.4 Å². The molecule has 0 amide bonds. The first kappa shape index (κ1) is 19.0. The second-order valence-corrected chi connectivity index (χ2v) is 7.09. The van der Waals surface area contributed by atoms with Crippen LogP contribution in [-0.2, 0) is 6.54 Å². The van der Waals surface area contributed by atoms with E-state index in [1.165, 1.54) is 0 Å². The van der Waals surface area contributed by atoms with Crippen molar-refractivity contribution in [3.8, 4) is 17.2 Å². The van der Waals surface area contributed by atoms with Crippen LogP contribution >= 0.6 is 39.1 Å². The van der Waals surface area contributed by atoms with Crippen LogP contribution in [-0.4, -0.2) is 18.3 Å². The van der Waals surface area contributed by atoms with Crippen LogP contribution in [0.1, 0.15) is 19.4 Å². The van der Waals surface area contributed by atoms with E-state index in [1.807, 2.05) is 26.0 Å². The van der Waals surface area contributed by atoms with Gasteiger partial charge in [-0.3, -0.25) is 0 Å². The summed E-state index contributed by atoms with van der Waals surface area (Å²) >= 11 is 15.4. The molecule has 7 heteroatoms. The van der Waals surface area contributed by atoms with Gasteiger partial charge in [0.25, 0.3) is 0 Å². The zero-order valence-corrected chi connectivity index (χ0v) is 16.6. The summed E-state index contributed by atoms with van der Waals surface area (Å²) in [7, 11) is 1.60. The standard InChI is InChI=1S/C17H18BrCl2NO3/c1-9(2)24-17-12(18)4-10(5-15(17)23-3)8-21-11-6-13(19)16(22)14(20)7-11/h4-7,9,21-22H,8H2,1-3H3. The molecule has 0 atom stereocenters. The van der Waals surface area contributed by atoms with Gasteiger partial charge >= 0.3 is 0 Å². The summed E-state index contributed by atoms with van der Waals surface area (Å²) in [4.78, 5) is 0. The van der Waals surface area contributed by atoms with Gasteiger partial charge in [-0.15, -0.1) is 0 Å². The lowest BCUT2D eigenvalue weighted by Crippen LogP contribution is -2.08. The molecule has 2 aromatic carbocycles. The molecule has 0 radical (unpaired) electrons. The third-order valence-corrected chi connectivity index (χ3v) is 4.32. The first-order valence-electron chi connectivity index (χ1n) is 7.26. The number of nitrogens with one attached hydrogen (secondary N) is 1. The summed E-state index contributed by atoms with van der Waals surface area (Å²) in [6.07, 6.45) is 0.0421. The molecule has 24 heavy (non-hydrogen) atoms. The fourth-order valence-corrected chi connectivity index (χ4v) is 3.17. The Hall–Kier alpha value is -1.30. The van der Waals surface area contributed by atoms with Crippen molar-refractivity contribution >= 4 is 44.8 Å². The molecule has 130 valence electrons. The van der Waals surface area contributed by atoms with E-state index in [0.29, 0.717) is 23.7 Å². The average Bonchev–Trinajstić information content (AvgIpc) is 2.52. The Balaban J connectivity index is 2.20. The molecule has 2 N–H and O–H groups in total. The molecule has 0 heterocycles. The molecule has 0 fully saturated rings. The second kappa shape index (κ2) is 8.19. The maximum atomic E-state index is 9.59. The molecule has 0 saturated heterocycles. The third kappa shape index (κ3) is 4.62. The van der Waals surface area contributed by atoms with E-state index in [-0.39, 0.29) is 21.9 Å². The van der Waals surface area contributed by atoms with Gasteiger partial charge in [0.05, 0.1) is 27.7 Å². The Morgan fingerprint density at radius 2 is 1.79 bits per heavy atom. The number of halogens is 3.